The van der Waals surface area contributed by atoms with E-state index in [1.165, 1.54) is 35.2 Å². The number of aryl methyl sites for hydroxylation is 1. The van der Waals surface area contributed by atoms with Crippen molar-refractivity contribution in [3.05, 3.63) is 57.1 Å². The second-order valence-electron chi connectivity index (χ2n) is 5.58. The van der Waals surface area contributed by atoms with Crippen LogP contribution in [-0.4, -0.2) is 25.9 Å². The molecule has 0 aliphatic carbocycles. The molecule has 4 nitrogen and oxygen atoms in total. The molecule has 1 aromatic carbocycles. The highest BCUT2D eigenvalue weighted by atomic mass is 32.2. The van der Waals surface area contributed by atoms with Gasteiger partial charge in [-0.1, -0.05) is 23.1 Å². The maximum absolute atomic E-state index is 13.0. The topological polar surface area (TPSA) is 39.8 Å². The van der Waals surface area contributed by atoms with Crippen molar-refractivity contribution in [3.8, 4) is 5.69 Å². The van der Waals surface area contributed by atoms with Gasteiger partial charge >= 0.3 is 0 Å². The van der Waals surface area contributed by atoms with E-state index in [0.29, 0.717) is 19.7 Å². The van der Waals surface area contributed by atoms with Gasteiger partial charge in [0.2, 0.25) is 0 Å². The summed E-state index contributed by atoms with van der Waals surface area (Å²) in [6.07, 6.45) is 0. The third kappa shape index (κ3) is 3.75. The van der Waals surface area contributed by atoms with Crippen molar-refractivity contribution in [1.82, 2.24) is 14.3 Å². The number of carbonyl (C=O) groups is 1. The molecular weight excluding hydrogens is 377 g/mol. The fraction of sp³-hybridized carbons (Fsp3) is 0.235. The summed E-state index contributed by atoms with van der Waals surface area (Å²) in [6, 6.07) is 7.90. The van der Waals surface area contributed by atoms with Crippen LogP contribution in [0.5, 0.6) is 0 Å². The van der Waals surface area contributed by atoms with E-state index < -0.39 is 0 Å². The molecule has 3 rings (SSSR count). The summed E-state index contributed by atoms with van der Waals surface area (Å²) in [6.45, 7) is 3.92. The zero-order valence-corrected chi connectivity index (χ0v) is 16.4. The summed E-state index contributed by atoms with van der Waals surface area (Å²) in [7, 11) is 1.95. The van der Waals surface area contributed by atoms with Gasteiger partial charge in [-0.15, -0.1) is 5.10 Å². The number of Topliss-reactive ketones (excluding diaryl/α,β-unsaturated/α-hetero) is 1. The first kappa shape index (κ1) is 18.0. The lowest BCUT2D eigenvalue weighted by Crippen LogP contribution is -2.04. The van der Waals surface area contributed by atoms with E-state index in [9.17, 15) is 9.18 Å². The van der Waals surface area contributed by atoms with Gasteiger partial charge in [0.1, 0.15) is 5.82 Å². The van der Waals surface area contributed by atoms with Crippen molar-refractivity contribution in [2.45, 2.75) is 18.2 Å². The van der Waals surface area contributed by atoms with Gasteiger partial charge in [0.05, 0.1) is 11.4 Å². The zero-order valence-electron chi connectivity index (χ0n) is 13.9. The van der Waals surface area contributed by atoms with Crippen molar-refractivity contribution >= 4 is 41.1 Å². The van der Waals surface area contributed by atoms with Crippen LogP contribution in [0.4, 0.5) is 4.39 Å². The average Bonchev–Trinajstić information content (AvgIpc) is 3.08. The number of carbonyl (C=O) groups excluding carboxylic acids is 1. The number of hydrogen-bond acceptors (Lipinski definition) is 5. The minimum atomic E-state index is -0.306. The smallest absolute Gasteiger partial charge is 0.184 e. The predicted molar refractivity (Wildman–Crippen MR) is 102 cm³/mol. The third-order valence-corrected chi connectivity index (χ3v) is 6.37. The molecule has 0 spiro atoms. The number of halogens is 1. The molecule has 0 atom stereocenters. The Morgan fingerprint density at radius 2 is 2.00 bits per heavy atom. The maximum atomic E-state index is 13.0. The number of aromatic nitrogens is 3. The number of nitrogens with zero attached hydrogens (tertiary/aromatic N) is 3. The second-order valence-corrected chi connectivity index (χ2v) is 8.42. The Bertz CT molecular complexity index is 986. The van der Waals surface area contributed by atoms with Crippen LogP contribution in [-0.2, 0) is 7.05 Å². The van der Waals surface area contributed by atoms with Crippen molar-refractivity contribution < 1.29 is 9.18 Å². The van der Waals surface area contributed by atoms with Crippen molar-refractivity contribution in [1.29, 1.82) is 0 Å². The van der Waals surface area contributed by atoms with Crippen LogP contribution >= 0.6 is 35.3 Å². The van der Waals surface area contributed by atoms with Crippen LogP contribution in [0, 0.1) is 23.6 Å². The molecule has 8 heteroatoms. The molecule has 3 aromatic rings. The van der Waals surface area contributed by atoms with Crippen molar-refractivity contribution in [3.63, 3.8) is 0 Å². The lowest BCUT2D eigenvalue weighted by molar-refractivity contribution is 0.102. The third-order valence-electron chi connectivity index (χ3n) is 4.00. The number of ketones is 1. The highest BCUT2D eigenvalue weighted by Gasteiger charge is 2.15. The Morgan fingerprint density at radius 1 is 1.32 bits per heavy atom. The van der Waals surface area contributed by atoms with Crippen molar-refractivity contribution in [2.24, 2.45) is 7.05 Å². The Kier molecular flexibility index (Phi) is 5.21. The van der Waals surface area contributed by atoms with Gasteiger partial charge in [-0.05, 0) is 56.4 Å². The first-order chi connectivity index (χ1) is 11.9. The normalized spacial score (nSPS) is 11.0. The fourth-order valence-corrected chi connectivity index (χ4v) is 4.65. The molecule has 2 aromatic heterocycles. The molecule has 0 saturated carbocycles. The van der Waals surface area contributed by atoms with Crippen LogP contribution in [0.15, 0.2) is 34.7 Å². The molecule has 2 heterocycles. The largest absolute Gasteiger partial charge is 0.351 e. The maximum Gasteiger partial charge on any atom is 0.184 e. The molecule has 0 aliphatic heterocycles. The molecule has 0 fully saturated rings. The number of thioether (sulfide) groups is 1. The standard InChI is InChI=1S/C17H16FN3OS3/c1-10-8-14(11(2)20(10)3)15(22)9-24-16-19-21(17(23)25-16)13-6-4-12(18)5-7-13/h4-8H,9H2,1-3H3. The Hall–Kier alpha value is -1.77. The lowest BCUT2D eigenvalue weighted by atomic mass is 10.2. The Balaban J connectivity index is 1.75. The van der Waals surface area contributed by atoms with Crippen molar-refractivity contribution in [2.75, 3.05) is 5.75 Å². The average molecular weight is 394 g/mol. The minimum absolute atomic E-state index is 0.0700. The molecule has 0 saturated heterocycles. The van der Waals surface area contributed by atoms with Crippen LogP contribution in [0.1, 0.15) is 21.7 Å². The van der Waals surface area contributed by atoms with E-state index >= 15 is 0 Å². The molecule has 0 amide bonds. The van der Waals surface area contributed by atoms with E-state index in [2.05, 4.69) is 5.10 Å². The molecular formula is C17H16FN3OS3. The summed E-state index contributed by atoms with van der Waals surface area (Å²) >= 11 is 8.03. The van der Waals surface area contributed by atoms with Gasteiger partial charge in [0.25, 0.3) is 0 Å². The second kappa shape index (κ2) is 7.23. The van der Waals surface area contributed by atoms with E-state index in [-0.39, 0.29) is 11.6 Å². The predicted octanol–water partition coefficient (Wildman–Crippen LogP) is 4.73. The van der Waals surface area contributed by atoms with E-state index in [1.807, 2.05) is 31.5 Å². The molecule has 25 heavy (non-hydrogen) atoms. The lowest BCUT2D eigenvalue weighted by Gasteiger charge is -2.01. The molecule has 130 valence electrons. The summed E-state index contributed by atoms with van der Waals surface area (Å²) in [5, 5.41) is 4.43. The summed E-state index contributed by atoms with van der Waals surface area (Å²) in [5.74, 6) is 0.0654. The van der Waals surface area contributed by atoms with Gasteiger partial charge in [-0.25, -0.2) is 9.07 Å². The number of hydrogen-bond donors (Lipinski definition) is 0. The number of rotatable bonds is 5. The molecule has 0 N–H and O–H groups in total. The Labute approximate surface area is 158 Å². The van der Waals surface area contributed by atoms with E-state index in [4.69, 9.17) is 12.2 Å². The van der Waals surface area contributed by atoms with Crippen LogP contribution < -0.4 is 0 Å². The first-order valence-corrected chi connectivity index (χ1v) is 9.73. The quantitative estimate of drug-likeness (QED) is 0.357. The molecule has 0 bridgehead atoms. The van der Waals surface area contributed by atoms with E-state index in [0.717, 1.165) is 17.0 Å². The Morgan fingerprint density at radius 3 is 2.60 bits per heavy atom. The molecule has 0 radical (unpaired) electrons. The SMILES string of the molecule is Cc1cc(C(=O)CSc2nn(-c3ccc(F)cc3)c(=S)s2)c(C)n1C. The summed E-state index contributed by atoms with van der Waals surface area (Å²) < 4.78 is 17.9. The minimum Gasteiger partial charge on any atom is -0.351 e. The van der Waals surface area contributed by atoms with E-state index in [1.54, 1.807) is 16.8 Å². The van der Waals surface area contributed by atoms with Gasteiger partial charge in [-0.3, -0.25) is 4.79 Å². The highest BCUT2D eigenvalue weighted by molar-refractivity contribution is 8.01. The van der Waals surface area contributed by atoms with Gasteiger partial charge in [0.15, 0.2) is 14.1 Å². The van der Waals surface area contributed by atoms with Gasteiger partial charge < -0.3 is 4.57 Å². The van der Waals surface area contributed by atoms with Gasteiger partial charge in [-0.2, -0.15) is 0 Å². The zero-order chi connectivity index (χ0) is 18.1. The molecule has 0 aliphatic rings. The summed E-state index contributed by atoms with van der Waals surface area (Å²) in [5.41, 5.74) is 3.47. The number of benzene rings is 1. The first-order valence-electron chi connectivity index (χ1n) is 7.52. The highest BCUT2D eigenvalue weighted by Crippen LogP contribution is 2.26. The van der Waals surface area contributed by atoms with Crippen LogP contribution in [0.25, 0.3) is 5.69 Å². The fourth-order valence-electron chi connectivity index (χ4n) is 2.41. The molecule has 0 unspecified atom stereocenters. The monoisotopic (exact) mass is 393 g/mol. The van der Waals surface area contributed by atoms with Crippen LogP contribution in [0.3, 0.4) is 0 Å². The van der Waals surface area contributed by atoms with Crippen LogP contribution in [0.2, 0.25) is 0 Å². The van der Waals surface area contributed by atoms with Gasteiger partial charge in [0, 0.05) is 24.0 Å². The summed E-state index contributed by atoms with van der Waals surface area (Å²) in [4.78, 5) is 12.5.